The van der Waals surface area contributed by atoms with Crippen LogP contribution in [0.25, 0.3) is 0 Å². The van der Waals surface area contributed by atoms with Gasteiger partial charge in [0.15, 0.2) is 0 Å². The second-order valence-corrected chi connectivity index (χ2v) is 9.13. The number of hydrogen-bond acceptors (Lipinski definition) is 7. The van der Waals surface area contributed by atoms with Crippen molar-refractivity contribution in [3.63, 3.8) is 0 Å². The van der Waals surface area contributed by atoms with E-state index in [4.69, 9.17) is 21.3 Å². The third kappa shape index (κ3) is 6.01. The van der Waals surface area contributed by atoms with Gasteiger partial charge in [-0.3, -0.25) is 14.7 Å². The lowest BCUT2D eigenvalue weighted by Crippen LogP contribution is -2.49. The molecule has 1 aliphatic rings. The monoisotopic (exact) mass is 506 g/mol. The Labute approximate surface area is 214 Å². The van der Waals surface area contributed by atoms with Gasteiger partial charge in [-0.25, -0.2) is 9.78 Å². The summed E-state index contributed by atoms with van der Waals surface area (Å²) in [5, 5.41) is 3.92. The number of carbonyl (C=O) groups is 2. The molecule has 3 aromatic rings. The Hall–Kier alpha value is -3.91. The van der Waals surface area contributed by atoms with E-state index in [0.717, 1.165) is 11.3 Å². The summed E-state index contributed by atoms with van der Waals surface area (Å²) in [6.45, 7) is 4.89. The molecule has 1 unspecified atom stereocenters. The van der Waals surface area contributed by atoms with E-state index >= 15 is 0 Å². The van der Waals surface area contributed by atoms with E-state index in [-0.39, 0.29) is 17.7 Å². The first kappa shape index (κ1) is 25.2. The molecule has 1 aromatic heterocycles. The summed E-state index contributed by atoms with van der Waals surface area (Å²) >= 11 is 6.02. The van der Waals surface area contributed by atoms with Crippen LogP contribution in [0.4, 0.5) is 5.69 Å². The Morgan fingerprint density at radius 2 is 1.83 bits per heavy atom. The van der Waals surface area contributed by atoms with Crippen molar-refractivity contribution < 1.29 is 19.1 Å². The van der Waals surface area contributed by atoms with Gasteiger partial charge in [-0.15, -0.1) is 0 Å². The first-order valence-corrected chi connectivity index (χ1v) is 11.9. The van der Waals surface area contributed by atoms with Crippen molar-refractivity contribution in [3.05, 3.63) is 83.0 Å². The summed E-state index contributed by atoms with van der Waals surface area (Å²) in [6, 6.07) is 17.9. The molecule has 0 radical (unpaired) electrons. The lowest BCUT2D eigenvalue weighted by molar-refractivity contribution is -0.133. The van der Waals surface area contributed by atoms with Crippen LogP contribution >= 0.6 is 11.6 Å². The number of pyridine rings is 1. The van der Waals surface area contributed by atoms with E-state index in [1.807, 2.05) is 50.2 Å². The van der Waals surface area contributed by atoms with Crippen LogP contribution in [0.3, 0.4) is 0 Å². The van der Waals surface area contributed by atoms with E-state index in [1.54, 1.807) is 29.2 Å². The number of aromatic nitrogens is 1. The van der Waals surface area contributed by atoms with Gasteiger partial charge in [-0.05, 0) is 53.9 Å². The summed E-state index contributed by atoms with van der Waals surface area (Å²) in [4.78, 5) is 35.4. The number of halogens is 1. The zero-order chi connectivity index (χ0) is 25.7. The molecule has 1 amide bonds. The minimum atomic E-state index is -0.460. The zero-order valence-electron chi connectivity index (χ0n) is 20.3. The molecule has 4 rings (SSSR count). The highest BCUT2D eigenvalue weighted by Gasteiger charge is 2.33. The van der Waals surface area contributed by atoms with Crippen LogP contribution in [0.1, 0.15) is 29.8 Å². The Kier molecular flexibility index (Phi) is 7.85. The molecule has 0 saturated heterocycles. The average Bonchev–Trinajstić information content (AvgIpc) is 2.88. The predicted octanol–water partition coefficient (Wildman–Crippen LogP) is 5.40. The maximum absolute atomic E-state index is 13.3. The van der Waals surface area contributed by atoms with Crippen LogP contribution in [-0.4, -0.2) is 41.4 Å². The minimum Gasteiger partial charge on any atom is -0.465 e. The fourth-order valence-electron chi connectivity index (χ4n) is 3.72. The van der Waals surface area contributed by atoms with E-state index < -0.39 is 5.97 Å². The van der Waals surface area contributed by atoms with E-state index in [2.05, 4.69) is 15.0 Å². The number of ether oxygens (including phenoxy) is 2. The van der Waals surface area contributed by atoms with Crippen molar-refractivity contribution in [2.24, 2.45) is 16.8 Å². The van der Waals surface area contributed by atoms with Crippen LogP contribution in [-0.2, 0) is 16.1 Å². The number of amides is 1. The smallest absolute Gasteiger partial charge is 0.339 e. The van der Waals surface area contributed by atoms with Crippen molar-refractivity contribution >= 4 is 35.1 Å². The first-order valence-electron chi connectivity index (χ1n) is 11.5. The highest BCUT2D eigenvalue weighted by Crippen LogP contribution is 2.25. The van der Waals surface area contributed by atoms with Gasteiger partial charge in [0.25, 0.3) is 0 Å². The number of benzene rings is 2. The van der Waals surface area contributed by atoms with Gasteiger partial charge in [0.05, 0.1) is 31.7 Å². The summed E-state index contributed by atoms with van der Waals surface area (Å²) in [5.41, 5.74) is 2.06. The molecule has 0 spiro atoms. The van der Waals surface area contributed by atoms with E-state index in [1.165, 1.54) is 13.3 Å². The number of carbonyl (C=O) groups excluding carboxylic acids is 2. The molecule has 9 heteroatoms. The van der Waals surface area contributed by atoms with Crippen molar-refractivity contribution in [3.8, 4) is 11.6 Å². The molecule has 0 fully saturated rings. The van der Waals surface area contributed by atoms with Gasteiger partial charge >= 0.3 is 5.97 Å². The fourth-order valence-corrected chi connectivity index (χ4v) is 3.84. The SMILES string of the molecule is COC(=O)c1ccc(Oc2ccc(NC3=NCC(C(C)C)C(=O)N3Cc3ccc(Cl)cc3)cc2)nc1. The minimum absolute atomic E-state index is 0.0406. The third-order valence-corrected chi connectivity index (χ3v) is 6.08. The number of esters is 1. The van der Waals surface area contributed by atoms with Gasteiger partial charge in [-0.2, -0.15) is 0 Å². The number of aliphatic imine (C=N–C) groups is 1. The van der Waals surface area contributed by atoms with E-state index in [9.17, 15) is 9.59 Å². The molecule has 1 atom stereocenters. The molecule has 36 heavy (non-hydrogen) atoms. The Bertz CT molecular complexity index is 1240. The van der Waals surface area contributed by atoms with Gasteiger partial charge in [0, 0.05) is 23.0 Å². The van der Waals surface area contributed by atoms with Crippen molar-refractivity contribution in [1.29, 1.82) is 0 Å². The molecular weight excluding hydrogens is 480 g/mol. The molecule has 186 valence electrons. The second-order valence-electron chi connectivity index (χ2n) is 8.69. The number of nitrogens with zero attached hydrogens (tertiary/aromatic N) is 3. The topological polar surface area (TPSA) is 93.1 Å². The highest BCUT2D eigenvalue weighted by atomic mass is 35.5. The number of nitrogens with one attached hydrogen (secondary N) is 1. The van der Waals surface area contributed by atoms with Gasteiger partial charge in [-0.1, -0.05) is 37.6 Å². The molecule has 0 bridgehead atoms. The largest absolute Gasteiger partial charge is 0.465 e. The standard InChI is InChI=1S/C27H27ClN4O4/c1-17(2)23-15-30-27(32(25(23)33)16-18-4-7-20(28)8-5-18)31-21-9-11-22(12-10-21)36-24-13-6-19(14-29-24)26(34)35-3/h4-14,17,23H,15-16H2,1-3H3,(H,30,31). The normalized spacial score (nSPS) is 15.5. The van der Waals surface area contributed by atoms with Crippen LogP contribution in [0.2, 0.25) is 5.02 Å². The number of methoxy groups -OCH3 is 1. The summed E-state index contributed by atoms with van der Waals surface area (Å²) in [5.74, 6) is 1.01. The zero-order valence-corrected chi connectivity index (χ0v) is 21.0. The van der Waals surface area contributed by atoms with Crippen molar-refractivity contribution in [1.82, 2.24) is 9.88 Å². The molecule has 2 heterocycles. The lowest BCUT2D eigenvalue weighted by atomic mass is 9.93. The maximum atomic E-state index is 13.3. The maximum Gasteiger partial charge on any atom is 0.339 e. The fraction of sp³-hybridized carbons (Fsp3) is 0.259. The first-order chi connectivity index (χ1) is 17.3. The van der Waals surface area contributed by atoms with Crippen LogP contribution in [0, 0.1) is 11.8 Å². The molecule has 0 aliphatic carbocycles. The summed E-state index contributed by atoms with van der Waals surface area (Å²) in [6.07, 6.45) is 1.40. The highest BCUT2D eigenvalue weighted by molar-refractivity contribution is 6.30. The van der Waals surface area contributed by atoms with Gasteiger partial charge in [0.1, 0.15) is 5.75 Å². The quantitative estimate of drug-likeness (QED) is 0.431. The Balaban J connectivity index is 1.47. The van der Waals surface area contributed by atoms with Crippen molar-refractivity contribution in [2.75, 3.05) is 19.0 Å². The number of guanidine groups is 1. The molecular formula is C27H27ClN4O4. The van der Waals surface area contributed by atoms with E-state index in [0.29, 0.717) is 41.3 Å². The van der Waals surface area contributed by atoms with Crippen LogP contribution in [0.15, 0.2) is 71.9 Å². The Morgan fingerprint density at radius 1 is 1.11 bits per heavy atom. The van der Waals surface area contributed by atoms with Crippen LogP contribution < -0.4 is 10.1 Å². The molecule has 1 aliphatic heterocycles. The summed E-state index contributed by atoms with van der Waals surface area (Å²) < 4.78 is 10.4. The van der Waals surface area contributed by atoms with Gasteiger partial charge < -0.3 is 14.8 Å². The lowest BCUT2D eigenvalue weighted by Gasteiger charge is -2.34. The number of anilines is 1. The Morgan fingerprint density at radius 3 is 2.44 bits per heavy atom. The molecule has 1 N–H and O–H groups in total. The van der Waals surface area contributed by atoms with Crippen molar-refractivity contribution in [2.45, 2.75) is 20.4 Å². The number of hydrogen-bond donors (Lipinski definition) is 1. The summed E-state index contributed by atoms with van der Waals surface area (Å²) in [7, 11) is 1.32. The van der Waals surface area contributed by atoms with Crippen LogP contribution in [0.5, 0.6) is 11.6 Å². The molecule has 2 aromatic carbocycles. The third-order valence-electron chi connectivity index (χ3n) is 5.83. The second kappa shape index (κ2) is 11.2. The predicted molar refractivity (Wildman–Crippen MR) is 138 cm³/mol. The average molecular weight is 507 g/mol. The number of rotatable bonds is 7. The molecule has 0 saturated carbocycles. The van der Waals surface area contributed by atoms with Gasteiger partial charge in [0.2, 0.25) is 17.7 Å². The molecule has 8 nitrogen and oxygen atoms in total.